The number of benzene rings is 1. The summed E-state index contributed by atoms with van der Waals surface area (Å²) in [5.41, 5.74) is -1.34. The first-order chi connectivity index (χ1) is 12.7. The van der Waals surface area contributed by atoms with Crippen molar-refractivity contribution in [3.63, 3.8) is 0 Å². The Morgan fingerprint density at radius 3 is 2.52 bits per heavy atom. The molecule has 27 heavy (non-hydrogen) atoms. The zero-order valence-electron chi connectivity index (χ0n) is 15.8. The average Bonchev–Trinajstić information content (AvgIpc) is 2.99. The van der Waals surface area contributed by atoms with E-state index in [1.807, 2.05) is 0 Å². The van der Waals surface area contributed by atoms with Crippen molar-refractivity contribution in [2.45, 2.75) is 56.6 Å². The molecule has 148 valence electrons. The summed E-state index contributed by atoms with van der Waals surface area (Å²) in [4.78, 5) is 15.1. The molecule has 3 aliphatic rings. The lowest BCUT2D eigenvalue weighted by molar-refractivity contribution is -0.174. The van der Waals surface area contributed by atoms with Gasteiger partial charge in [0, 0.05) is 43.3 Å². The lowest BCUT2D eigenvalue weighted by Gasteiger charge is -2.55. The molecule has 2 aliphatic heterocycles. The molecule has 4 nitrogen and oxygen atoms in total. The van der Waals surface area contributed by atoms with E-state index in [1.165, 1.54) is 0 Å². The van der Waals surface area contributed by atoms with Crippen LogP contribution >= 0.6 is 0 Å². The minimum Gasteiger partial charge on any atom is -0.375 e. The molecule has 1 aromatic rings. The van der Waals surface area contributed by atoms with Gasteiger partial charge in [0.25, 0.3) is 5.91 Å². The SMILES string of the molecule is CC1CC2(CCN1)CN(C(=O)[C@](O)(c1ccccc1)[C@@H]1CCC(F)(F)C1)C2. The number of hydrogen-bond acceptors (Lipinski definition) is 3. The summed E-state index contributed by atoms with van der Waals surface area (Å²) in [6.07, 6.45) is 1.45. The molecule has 6 heteroatoms. The van der Waals surface area contributed by atoms with Gasteiger partial charge in [0.2, 0.25) is 5.92 Å². The predicted molar refractivity (Wildman–Crippen MR) is 98.3 cm³/mol. The topological polar surface area (TPSA) is 52.6 Å². The van der Waals surface area contributed by atoms with Crippen LogP contribution in [-0.2, 0) is 10.4 Å². The molecule has 0 radical (unpaired) electrons. The quantitative estimate of drug-likeness (QED) is 0.850. The monoisotopic (exact) mass is 378 g/mol. The van der Waals surface area contributed by atoms with Gasteiger partial charge in [0.1, 0.15) is 0 Å². The van der Waals surface area contributed by atoms with Crippen molar-refractivity contribution in [1.82, 2.24) is 10.2 Å². The number of likely N-dealkylation sites (tertiary alicyclic amines) is 1. The maximum Gasteiger partial charge on any atom is 0.259 e. The van der Waals surface area contributed by atoms with Gasteiger partial charge in [-0.25, -0.2) is 8.78 Å². The van der Waals surface area contributed by atoms with Crippen molar-refractivity contribution < 1.29 is 18.7 Å². The summed E-state index contributed by atoms with van der Waals surface area (Å²) < 4.78 is 27.8. The first-order valence-corrected chi connectivity index (χ1v) is 9.93. The predicted octanol–water partition coefficient (Wildman–Crippen LogP) is 2.91. The second kappa shape index (κ2) is 6.52. The molecule has 1 unspecified atom stereocenters. The molecule has 1 spiro atoms. The molecule has 3 fully saturated rings. The Morgan fingerprint density at radius 1 is 1.22 bits per heavy atom. The van der Waals surface area contributed by atoms with E-state index in [0.29, 0.717) is 24.7 Å². The zero-order valence-corrected chi connectivity index (χ0v) is 15.8. The number of carbonyl (C=O) groups excluding carboxylic acids is 1. The highest BCUT2D eigenvalue weighted by molar-refractivity contribution is 5.87. The molecule has 1 saturated carbocycles. The first kappa shape index (κ1) is 18.8. The maximum atomic E-state index is 13.9. The van der Waals surface area contributed by atoms with Gasteiger partial charge in [0.05, 0.1) is 0 Å². The largest absolute Gasteiger partial charge is 0.375 e. The van der Waals surface area contributed by atoms with Gasteiger partial charge in [-0.2, -0.15) is 0 Å². The van der Waals surface area contributed by atoms with Crippen LogP contribution in [0.25, 0.3) is 0 Å². The van der Waals surface area contributed by atoms with Crippen molar-refractivity contribution in [3.05, 3.63) is 35.9 Å². The number of aliphatic hydroxyl groups is 1. The number of halogens is 2. The van der Waals surface area contributed by atoms with Gasteiger partial charge in [-0.05, 0) is 38.3 Å². The molecule has 1 aliphatic carbocycles. The summed E-state index contributed by atoms with van der Waals surface area (Å²) in [5.74, 6) is -3.98. The van der Waals surface area contributed by atoms with E-state index in [-0.39, 0.29) is 18.3 Å². The fourth-order valence-corrected chi connectivity index (χ4v) is 5.38. The Bertz CT molecular complexity index is 705. The average molecular weight is 378 g/mol. The number of rotatable bonds is 3. The van der Waals surface area contributed by atoms with E-state index in [9.17, 15) is 18.7 Å². The van der Waals surface area contributed by atoms with Crippen molar-refractivity contribution in [3.8, 4) is 0 Å². The summed E-state index contributed by atoms with van der Waals surface area (Å²) in [6, 6.07) is 9.05. The zero-order chi connectivity index (χ0) is 19.3. The van der Waals surface area contributed by atoms with E-state index >= 15 is 0 Å². The minimum atomic E-state index is -2.81. The van der Waals surface area contributed by atoms with Crippen LogP contribution in [0.4, 0.5) is 8.78 Å². The molecule has 2 heterocycles. The van der Waals surface area contributed by atoms with Crippen LogP contribution < -0.4 is 5.32 Å². The van der Waals surface area contributed by atoms with Crippen molar-refractivity contribution in [2.75, 3.05) is 19.6 Å². The number of alkyl halides is 2. The summed E-state index contributed by atoms with van der Waals surface area (Å²) in [6.45, 7) is 4.29. The molecule has 2 saturated heterocycles. The molecule has 2 N–H and O–H groups in total. The second-order valence-corrected chi connectivity index (χ2v) is 8.90. The van der Waals surface area contributed by atoms with Crippen LogP contribution in [-0.4, -0.2) is 47.5 Å². The highest BCUT2D eigenvalue weighted by Gasteiger charge is 2.57. The van der Waals surface area contributed by atoms with Gasteiger partial charge < -0.3 is 15.3 Å². The smallest absolute Gasteiger partial charge is 0.259 e. The van der Waals surface area contributed by atoms with Gasteiger partial charge >= 0.3 is 0 Å². The minimum absolute atomic E-state index is 0.109. The number of amides is 1. The van der Waals surface area contributed by atoms with Gasteiger partial charge in [0.15, 0.2) is 5.60 Å². The normalized spacial score (nSPS) is 31.3. The molecule has 4 rings (SSSR count). The van der Waals surface area contributed by atoms with Crippen LogP contribution in [0.5, 0.6) is 0 Å². The maximum absolute atomic E-state index is 13.9. The van der Waals surface area contributed by atoms with E-state index in [1.54, 1.807) is 35.2 Å². The molecule has 3 atom stereocenters. The lowest BCUT2D eigenvalue weighted by atomic mass is 9.69. The number of nitrogens with zero attached hydrogens (tertiary/aromatic N) is 1. The van der Waals surface area contributed by atoms with Gasteiger partial charge in [-0.15, -0.1) is 0 Å². The van der Waals surface area contributed by atoms with Gasteiger partial charge in [-0.3, -0.25) is 4.79 Å². The summed E-state index contributed by atoms with van der Waals surface area (Å²) >= 11 is 0. The van der Waals surface area contributed by atoms with Crippen LogP contribution in [0.1, 0.15) is 44.6 Å². The van der Waals surface area contributed by atoms with Crippen molar-refractivity contribution in [1.29, 1.82) is 0 Å². The Labute approximate surface area is 158 Å². The molecule has 0 bridgehead atoms. The third-order valence-corrected chi connectivity index (χ3v) is 6.76. The molecule has 1 amide bonds. The van der Waals surface area contributed by atoms with E-state index in [0.717, 1.165) is 19.4 Å². The molecule has 1 aromatic carbocycles. The van der Waals surface area contributed by atoms with Crippen molar-refractivity contribution in [2.24, 2.45) is 11.3 Å². The van der Waals surface area contributed by atoms with Crippen LogP contribution in [0.15, 0.2) is 30.3 Å². The van der Waals surface area contributed by atoms with E-state index in [4.69, 9.17) is 0 Å². The van der Waals surface area contributed by atoms with E-state index in [2.05, 4.69) is 12.2 Å². The summed E-state index contributed by atoms with van der Waals surface area (Å²) in [7, 11) is 0. The Hall–Kier alpha value is -1.53. The van der Waals surface area contributed by atoms with Crippen LogP contribution in [0, 0.1) is 11.3 Å². The number of nitrogens with one attached hydrogen (secondary N) is 1. The molecular formula is C21H28F2N2O2. The van der Waals surface area contributed by atoms with Crippen LogP contribution in [0.2, 0.25) is 0 Å². The van der Waals surface area contributed by atoms with E-state index < -0.39 is 29.8 Å². The Kier molecular flexibility index (Phi) is 4.54. The fraction of sp³-hybridized carbons (Fsp3) is 0.667. The molecular weight excluding hydrogens is 350 g/mol. The Morgan fingerprint density at radius 2 is 1.93 bits per heavy atom. The Balaban J connectivity index is 1.57. The van der Waals surface area contributed by atoms with Gasteiger partial charge in [-0.1, -0.05) is 30.3 Å². The third kappa shape index (κ3) is 3.27. The second-order valence-electron chi connectivity index (χ2n) is 8.90. The molecule has 0 aromatic heterocycles. The standard InChI is InChI=1S/C21H28F2N2O2/c1-15-11-19(9-10-24-15)13-25(14-19)18(26)21(27,16-5-3-2-4-6-16)17-7-8-20(22,23)12-17/h2-6,15,17,24,27H,7-14H2,1H3/t15?,17-,21+/m1/s1. The van der Waals surface area contributed by atoms with Crippen molar-refractivity contribution >= 4 is 5.91 Å². The van der Waals surface area contributed by atoms with Crippen LogP contribution in [0.3, 0.4) is 0 Å². The number of hydrogen-bond donors (Lipinski definition) is 2. The highest BCUT2D eigenvalue weighted by Crippen LogP contribution is 2.50. The number of piperidine rings is 1. The highest BCUT2D eigenvalue weighted by atomic mass is 19.3. The fourth-order valence-electron chi connectivity index (χ4n) is 5.38. The third-order valence-electron chi connectivity index (χ3n) is 6.76. The number of carbonyl (C=O) groups is 1. The lowest BCUT2D eigenvalue weighted by Crippen LogP contribution is -2.66. The first-order valence-electron chi connectivity index (χ1n) is 9.93. The summed E-state index contributed by atoms with van der Waals surface area (Å²) in [5, 5.41) is 14.9.